The molecule has 172 valence electrons. The Bertz CT molecular complexity index is 1540. The summed E-state index contributed by atoms with van der Waals surface area (Å²) in [7, 11) is 0. The fraction of sp³-hybridized carbons (Fsp3) is 0.0357. The van der Waals surface area contributed by atoms with Gasteiger partial charge in [0.1, 0.15) is 0 Å². The molecule has 0 fully saturated rings. The molecule has 0 aliphatic carbocycles. The first-order valence-corrected chi connectivity index (χ1v) is 11.8. The number of carbonyl (C=O) groups is 2. The Hall–Kier alpha value is -4.23. The average molecular weight is 525 g/mol. The number of nitrogens with zero attached hydrogens (tertiary/aromatic N) is 1. The number of halogens is 1. The molecule has 0 atom stereocenters. The number of hydrogen-bond acceptors (Lipinski definition) is 3. The molecule has 4 aromatic carbocycles. The lowest BCUT2D eigenvalue weighted by Gasteiger charge is -2.12. The number of nitrogens with one attached hydrogen (secondary N) is 3. The monoisotopic (exact) mass is 524 g/mol. The smallest absolute Gasteiger partial charge is 0.255 e. The highest BCUT2D eigenvalue weighted by atomic mass is 79.9. The summed E-state index contributed by atoms with van der Waals surface area (Å²) >= 11 is 3.38. The van der Waals surface area contributed by atoms with E-state index in [0.717, 1.165) is 32.1 Å². The Kier molecular flexibility index (Phi) is 6.16. The van der Waals surface area contributed by atoms with Crippen LogP contribution in [-0.2, 0) is 0 Å². The van der Waals surface area contributed by atoms with E-state index in [1.165, 1.54) is 0 Å². The lowest BCUT2D eigenvalue weighted by Crippen LogP contribution is -2.12. The second-order valence-corrected chi connectivity index (χ2v) is 9.11. The van der Waals surface area contributed by atoms with Crippen LogP contribution in [0.4, 0.5) is 11.4 Å². The minimum atomic E-state index is -0.192. The van der Waals surface area contributed by atoms with Crippen LogP contribution in [0, 0.1) is 6.92 Å². The highest BCUT2D eigenvalue weighted by Gasteiger charge is 2.11. The molecule has 3 N–H and O–H groups in total. The molecule has 2 amide bonds. The predicted molar refractivity (Wildman–Crippen MR) is 143 cm³/mol. The fourth-order valence-corrected chi connectivity index (χ4v) is 4.10. The summed E-state index contributed by atoms with van der Waals surface area (Å²) in [5.74, 6) is -0.365. The molecule has 0 aliphatic heterocycles. The van der Waals surface area contributed by atoms with E-state index >= 15 is 0 Å². The molecule has 1 aromatic heterocycles. The summed E-state index contributed by atoms with van der Waals surface area (Å²) in [4.78, 5) is 25.4. The third-order valence-corrected chi connectivity index (χ3v) is 6.29. The number of aromatic amines is 1. The number of carbonyl (C=O) groups excluding carboxylic acids is 2. The van der Waals surface area contributed by atoms with Gasteiger partial charge in [0, 0.05) is 32.4 Å². The summed E-state index contributed by atoms with van der Waals surface area (Å²) in [6.45, 7) is 2.02. The van der Waals surface area contributed by atoms with Crippen molar-refractivity contribution in [1.82, 2.24) is 10.2 Å². The molecule has 0 unspecified atom stereocenters. The lowest BCUT2D eigenvalue weighted by atomic mass is 9.98. The lowest BCUT2D eigenvalue weighted by molar-refractivity contribution is 0.101. The van der Waals surface area contributed by atoms with Gasteiger partial charge in [0.05, 0.1) is 11.7 Å². The summed E-state index contributed by atoms with van der Waals surface area (Å²) in [6, 6.07) is 26.0. The van der Waals surface area contributed by atoms with E-state index in [-0.39, 0.29) is 11.8 Å². The van der Waals surface area contributed by atoms with Crippen LogP contribution >= 0.6 is 15.9 Å². The van der Waals surface area contributed by atoms with Crippen molar-refractivity contribution in [2.24, 2.45) is 0 Å². The zero-order valence-electron chi connectivity index (χ0n) is 18.8. The number of fused-ring (bicyclic) bond motifs is 1. The van der Waals surface area contributed by atoms with Crippen LogP contribution < -0.4 is 10.6 Å². The van der Waals surface area contributed by atoms with Crippen molar-refractivity contribution >= 4 is 50.0 Å². The Morgan fingerprint density at radius 2 is 1.37 bits per heavy atom. The van der Waals surface area contributed by atoms with Crippen molar-refractivity contribution in [1.29, 1.82) is 0 Å². The van der Waals surface area contributed by atoms with Crippen LogP contribution in [0.2, 0.25) is 0 Å². The van der Waals surface area contributed by atoms with Crippen LogP contribution in [0.3, 0.4) is 0 Å². The van der Waals surface area contributed by atoms with Gasteiger partial charge in [-0.25, -0.2) is 0 Å². The summed E-state index contributed by atoms with van der Waals surface area (Å²) < 4.78 is 0.919. The van der Waals surface area contributed by atoms with Crippen LogP contribution in [0.5, 0.6) is 0 Å². The molecule has 0 aliphatic rings. The van der Waals surface area contributed by atoms with Gasteiger partial charge >= 0.3 is 0 Å². The SMILES string of the molecule is Cc1ccc(NC(=O)c2ccc(Br)cc2)cc1-c1ccc(C(=O)Nc2ccc3cn[nH]c3c2)cc1. The van der Waals surface area contributed by atoms with Crippen molar-refractivity contribution in [3.63, 3.8) is 0 Å². The fourth-order valence-electron chi connectivity index (χ4n) is 3.83. The van der Waals surface area contributed by atoms with Gasteiger partial charge in [-0.15, -0.1) is 0 Å². The van der Waals surface area contributed by atoms with Gasteiger partial charge in [0.2, 0.25) is 0 Å². The van der Waals surface area contributed by atoms with E-state index in [1.807, 2.05) is 67.6 Å². The van der Waals surface area contributed by atoms with Gasteiger partial charge in [-0.3, -0.25) is 14.7 Å². The standard InChI is InChI=1S/C28H21BrN4O2/c1-17-2-12-23(31-28(35)20-7-10-22(29)11-8-20)14-25(17)18-3-5-19(6-4-18)27(34)32-24-13-9-21-16-30-33-26(21)15-24/h2-16H,1H3,(H,30,33)(H,31,35)(H,32,34). The molecule has 0 bridgehead atoms. The number of amides is 2. The molecule has 0 radical (unpaired) electrons. The van der Waals surface area contributed by atoms with E-state index in [1.54, 1.807) is 30.5 Å². The first-order valence-electron chi connectivity index (χ1n) is 11.0. The maximum Gasteiger partial charge on any atom is 0.255 e. The van der Waals surface area contributed by atoms with Gasteiger partial charge in [0.15, 0.2) is 0 Å². The zero-order chi connectivity index (χ0) is 24.4. The number of hydrogen-bond donors (Lipinski definition) is 3. The Balaban J connectivity index is 1.32. The number of benzene rings is 4. The Morgan fingerprint density at radius 3 is 2.06 bits per heavy atom. The highest BCUT2D eigenvalue weighted by Crippen LogP contribution is 2.28. The molecular weight excluding hydrogens is 504 g/mol. The Labute approximate surface area is 210 Å². The largest absolute Gasteiger partial charge is 0.322 e. The molecule has 5 aromatic rings. The van der Waals surface area contributed by atoms with E-state index in [9.17, 15) is 9.59 Å². The van der Waals surface area contributed by atoms with Crippen molar-refractivity contribution in [3.8, 4) is 11.1 Å². The molecular formula is C28H21BrN4O2. The third kappa shape index (κ3) is 5.00. The van der Waals surface area contributed by atoms with E-state index in [0.29, 0.717) is 22.5 Å². The first-order chi connectivity index (χ1) is 17.0. The number of aryl methyl sites for hydroxylation is 1. The quantitative estimate of drug-likeness (QED) is 0.236. The predicted octanol–water partition coefficient (Wildman–Crippen LogP) is 6.81. The first kappa shape index (κ1) is 22.6. The average Bonchev–Trinajstić information content (AvgIpc) is 3.34. The number of anilines is 2. The number of rotatable bonds is 5. The van der Waals surface area contributed by atoms with Crippen LogP contribution in [0.15, 0.2) is 95.6 Å². The van der Waals surface area contributed by atoms with Crippen molar-refractivity contribution in [3.05, 3.63) is 112 Å². The topological polar surface area (TPSA) is 86.9 Å². The maximum absolute atomic E-state index is 12.7. The molecule has 5 rings (SSSR count). The minimum absolute atomic E-state index is 0.173. The molecule has 35 heavy (non-hydrogen) atoms. The van der Waals surface area contributed by atoms with Gasteiger partial charge in [0.25, 0.3) is 11.8 Å². The van der Waals surface area contributed by atoms with E-state index < -0.39 is 0 Å². The molecule has 7 heteroatoms. The van der Waals surface area contributed by atoms with Crippen molar-refractivity contribution in [2.45, 2.75) is 6.92 Å². The number of H-pyrrole nitrogens is 1. The number of aromatic nitrogens is 2. The second kappa shape index (κ2) is 9.56. The minimum Gasteiger partial charge on any atom is -0.322 e. The molecule has 0 saturated carbocycles. The van der Waals surface area contributed by atoms with E-state index in [2.05, 4.69) is 36.8 Å². The van der Waals surface area contributed by atoms with Gasteiger partial charge in [-0.2, -0.15) is 5.10 Å². The van der Waals surface area contributed by atoms with E-state index in [4.69, 9.17) is 0 Å². The second-order valence-electron chi connectivity index (χ2n) is 8.19. The normalized spacial score (nSPS) is 10.8. The molecule has 6 nitrogen and oxygen atoms in total. The molecule has 0 saturated heterocycles. The maximum atomic E-state index is 12.7. The molecule has 0 spiro atoms. The van der Waals surface area contributed by atoms with Crippen LogP contribution in [-0.4, -0.2) is 22.0 Å². The van der Waals surface area contributed by atoms with Gasteiger partial charge in [-0.1, -0.05) is 34.1 Å². The van der Waals surface area contributed by atoms with Crippen molar-refractivity contribution < 1.29 is 9.59 Å². The highest BCUT2D eigenvalue weighted by molar-refractivity contribution is 9.10. The van der Waals surface area contributed by atoms with Gasteiger partial charge in [-0.05, 0) is 90.3 Å². The van der Waals surface area contributed by atoms with Crippen LogP contribution in [0.25, 0.3) is 22.0 Å². The summed E-state index contributed by atoms with van der Waals surface area (Å²) in [5, 5.41) is 13.8. The zero-order valence-corrected chi connectivity index (χ0v) is 20.4. The molecule has 1 heterocycles. The van der Waals surface area contributed by atoms with Crippen LogP contribution in [0.1, 0.15) is 26.3 Å². The van der Waals surface area contributed by atoms with Crippen molar-refractivity contribution in [2.75, 3.05) is 10.6 Å². The third-order valence-electron chi connectivity index (χ3n) is 5.76. The van der Waals surface area contributed by atoms with Gasteiger partial charge < -0.3 is 10.6 Å². The summed E-state index contributed by atoms with van der Waals surface area (Å²) in [5.41, 5.74) is 6.40. The Morgan fingerprint density at radius 1 is 0.771 bits per heavy atom. The summed E-state index contributed by atoms with van der Waals surface area (Å²) in [6.07, 6.45) is 1.74.